The van der Waals surface area contributed by atoms with E-state index in [-0.39, 0.29) is 17.7 Å². The van der Waals surface area contributed by atoms with E-state index in [4.69, 9.17) is 5.73 Å². The van der Waals surface area contributed by atoms with E-state index in [2.05, 4.69) is 34.4 Å². The normalized spacial score (nSPS) is 22.4. The summed E-state index contributed by atoms with van der Waals surface area (Å²) in [5.74, 6) is 1.57. The van der Waals surface area contributed by atoms with Crippen molar-refractivity contribution in [2.24, 2.45) is 17.6 Å². The third kappa shape index (κ3) is 6.00. The maximum Gasteiger partial charge on any atom is 0.251 e. The van der Waals surface area contributed by atoms with Crippen molar-refractivity contribution in [1.82, 2.24) is 10.3 Å². The van der Waals surface area contributed by atoms with Crippen molar-refractivity contribution in [3.63, 3.8) is 0 Å². The van der Waals surface area contributed by atoms with Gasteiger partial charge in [-0.1, -0.05) is 13.8 Å². The lowest BCUT2D eigenvalue weighted by Crippen LogP contribution is -2.50. The number of nitrogens with zero attached hydrogens (tertiary/aromatic N) is 2. The molecule has 2 amide bonds. The third-order valence-electron chi connectivity index (χ3n) is 8.18. The Labute approximate surface area is 224 Å². The largest absolute Gasteiger partial charge is 0.384 e. The van der Waals surface area contributed by atoms with Crippen LogP contribution in [0.5, 0.6) is 0 Å². The predicted molar refractivity (Wildman–Crippen MR) is 149 cm³/mol. The number of carbonyl (C=O) groups is 3. The molecule has 1 aromatic heterocycles. The maximum absolute atomic E-state index is 13.2. The number of aromatic nitrogens is 1. The smallest absolute Gasteiger partial charge is 0.251 e. The Morgan fingerprint density at radius 2 is 1.74 bits per heavy atom. The quantitative estimate of drug-likeness (QED) is 0.377. The molecule has 3 fully saturated rings. The van der Waals surface area contributed by atoms with Crippen LogP contribution in [0.3, 0.4) is 0 Å². The van der Waals surface area contributed by atoms with E-state index in [0.717, 1.165) is 44.5 Å². The monoisotopic (exact) mass is 517 g/mol. The van der Waals surface area contributed by atoms with Gasteiger partial charge in [0.15, 0.2) is 5.78 Å². The summed E-state index contributed by atoms with van der Waals surface area (Å²) in [7, 11) is 0. The number of hydrogen-bond donors (Lipinski definition) is 3. The van der Waals surface area contributed by atoms with Crippen LogP contribution in [0.25, 0.3) is 0 Å². The first-order valence-corrected chi connectivity index (χ1v) is 14.0. The standard InChI is InChI=1S/C30H39N5O3/c1-18(2)3-11-27(36)21-7-12-28(33-17-21)35-23-8-9-24(35)15-22(14-23)34-30(38)20-6-10-25(29(31)37)26(13-20)32-16-19-4-5-19/h6-7,10,12-13,17-19,22-24,32H,3-5,8-9,11,14-16H2,1-2H3,(H2,31,37)(H,34,38)/t22?,23-,24+. The van der Waals surface area contributed by atoms with Gasteiger partial charge in [-0.15, -0.1) is 0 Å². The molecule has 38 heavy (non-hydrogen) atoms. The highest BCUT2D eigenvalue weighted by molar-refractivity contribution is 6.02. The van der Waals surface area contributed by atoms with E-state index in [0.29, 0.717) is 52.7 Å². The van der Waals surface area contributed by atoms with E-state index in [1.807, 2.05) is 12.1 Å². The second-order valence-corrected chi connectivity index (χ2v) is 11.6. The maximum atomic E-state index is 13.2. The van der Waals surface area contributed by atoms with Gasteiger partial charge in [-0.3, -0.25) is 14.4 Å². The number of hydrogen-bond acceptors (Lipinski definition) is 6. The van der Waals surface area contributed by atoms with Gasteiger partial charge in [0.1, 0.15) is 5.82 Å². The molecule has 0 radical (unpaired) electrons. The molecule has 5 rings (SSSR count). The molecule has 3 atom stereocenters. The van der Waals surface area contributed by atoms with Crippen molar-refractivity contribution in [3.8, 4) is 0 Å². The second-order valence-electron chi connectivity index (χ2n) is 11.6. The van der Waals surface area contributed by atoms with Crippen molar-refractivity contribution in [2.75, 3.05) is 16.8 Å². The van der Waals surface area contributed by atoms with Gasteiger partial charge in [-0.25, -0.2) is 4.98 Å². The molecule has 8 nitrogen and oxygen atoms in total. The molecule has 8 heteroatoms. The summed E-state index contributed by atoms with van der Waals surface area (Å²) >= 11 is 0. The number of rotatable bonds is 11. The molecule has 1 aliphatic carbocycles. The molecule has 1 unspecified atom stereocenters. The topological polar surface area (TPSA) is 117 Å². The SMILES string of the molecule is CC(C)CCC(=O)c1ccc(N2[C@@H]3CC[C@H]2CC(NC(=O)c2ccc(C(N)=O)c(NCC4CC4)c2)C3)nc1. The van der Waals surface area contributed by atoms with Gasteiger partial charge in [0.2, 0.25) is 0 Å². The number of carbonyl (C=O) groups excluding carboxylic acids is 3. The van der Waals surface area contributed by atoms with Crippen molar-refractivity contribution in [1.29, 1.82) is 0 Å². The number of anilines is 2. The average Bonchev–Trinajstić information content (AvgIpc) is 3.69. The summed E-state index contributed by atoms with van der Waals surface area (Å²) in [6.45, 7) is 5.04. The van der Waals surface area contributed by atoms with Crippen molar-refractivity contribution in [3.05, 3.63) is 53.2 Å². The number of nitrogens with two attached hydrogens (primary N) is 1. The number of fused-ring (bicyclic) bond motifs is 2. The second kappa shape index (κ2) is 11.1. The molecule has 1 aromatic carbocycles. The van der Waals surface area contributed by atoms with Crippen LogP contribution in [0, 0.1) is 11.8 Å². The van der Waals surface area contributed by atoms with Crippen molar-refractivity contribution >= 4 is 29.1 Å². The number of Topliss-reactive ketones (excluding diaryl/α,β-unsaturated/α-hetero) is 1. The van der Waals surface area contributed by atoms with Gasteiger partial charge >= 0.3 is 0 Å². The molecule has 3 heterocycles. The van der Waals surface area contributed by atoms with Crippen LogP contribution >= 0.6 is 0 Å². The van der Waals surface area contributed by atoms with Gasteiger partial charge in [-0.05, 0) is 87.1 Å². The third-order valence-corrected chi connectivity index (χ3v) is 8.18. The first-order chi connectivity index (χ1) is 18.3. The van der Waals surface area contributed by atoms with E-state index in [1.165, 1.54) is 12.8 Å². The molecule has 3 aliphatic rings. The number of piperidine rings is 1. The van der Waals surface area contributed by atoms with Gasteiger partial charge in [0.25, 0.3) is 11.8 Å². The highest BCUT2D eigenvalue weighted by Gasteiger charge is 2.42. The van der Waals surface area contributed by atoms with Crippen LogP contribution < -0.4 is 21.3 Å². The van der Waals surface area contributed by atoms with E-state index in [1.54, 1.807) is 24.4 Å². The van der Waals surface area contributed by atoms with Gasteiger partial charge in [0.05, 0.1) is 5.56 Å². The Balaban J connectivity index is 1.21. The summed E-state index contributed by atoms with van der Waals surface area (Å²) in [6, 6.07) is 9.63. The highest BCUT2D eigenvalue weighted by atomic mass is 16.2. The van der Waals surface area contributed by atoms with Crippen LogP contribution in [-0.4, -0.2) is 47.3 Å². The predicted octanol–water partition coefficient (Wildman–Crippen LogP) is 4.55. The molecule has 0 spiro atoms. The summed E-state index contributed by atoms with van der Waals surface area (Å²) in [5.41, 5.74) is 7.80. The number of benzene rings is 1. The average molecular weight is 518 g/mol. The summed E-state index contributed by atoms with van der Waals surface area (Å²) in [5, 5.41) is 6.54. The minimum absolute atomic E-state index is 0.0758. The van der Waals surface area contributed by atoms with Crippen LogP contribution in [0.15, 0.2) is 36.5 Å². The minimum atomic E-state index is -0.499. The molecule has 2 aliphatic heterocycles. The zero-order chi connectivity index (χ0) is 26.8. The molecule has 2 aromatic rings. The molecular formula is C30H39N5O3. The Hall–Kier alpha value is -3.42. The number of nitrogens with one attached hydrogen (secondary N) is 2. The van der Waals surface area contributed by atoms with E-state index >= 15 is 0 Å². The van der Waals surface area contributed by atoms with E-state index < -0.39 is 5.91 Å². The first kappa shape index (κ1) is 26.2. The lowest BCUT2D eigenvalue weighted by atomic mass is 9.96. The Kier molecular flexibility index (Phi) is 7.68. The Morgan fingerprint density at radius 3 is 2.34 bits per heavy atom. The zero-order valence-electron chi connectivity index (χ0n) is 22.4. The molecule has 2 saturated heterocycles. The molecule has 4 N–H and O–H groups in total. The Morgan fingerprint density at radius 1 is 1.03 bits per heavy atom. The van der Waals surface area contributed by atoms with Gasteiger partial charge in [-0.2, -0.15) is 0 Å². The fourth-order valence-corrected chi connectivity index (χ4v) is 5.83. The van der Waals surface area contributed by atoms with Crippen molar-refractivity contribution < 1.29 is 14.4 Å². The molecule has 202 valence electrons. The van der Waals surface area contributed by atoms with Gasteiger partial charge < -0.3 is 21.3 Å². The lowest BCUT2D eigenvalue weighted by molar-refractivity contribution is 0.0924. The lowest BCUT2D eigenvalue weighted by Gasteiger charge is -2.40. The van der Waals surface area contributed by atoms with E-state index in [9.17, 15) is 14.4 Å². The summed E-state index contributed by atoms with van der Waals surface area (Å²) in [6.07, 6.45) is 9.38. The fourth-order valence-electron chi connectivity index (χ4n) is 5.83. The summed E-state index contributed by atoms with van der Waals surface area (Å²) < 4.78 is 0. The van der Waals surface area contributed by atoms with Crippen LogP contribution in [-0.2, 0) is 0 Å². The highest BCUT2D eigenvalue weighted by Crippen LogP contribution is 2.39. The first-order valence-electron chi connectivity index (χ1n) is 14.0. The Bertz CT molecular complexity index is 1180. The number of primary amides is 1. The minimum Gasteiger partial charge on any atom is -0.384 e. The fraction of sp³-hybridized carbons (Fsp3) is 0.533. The number of ketones is 1. The molecule has 2 bridgehead atoms. The van der Waals surface area contributed by atoms with Gasteiger partial charge in [0, 0.05) is 54.1 Å². The van der Waals surface area contributed by atoms with Crippen LogP contribution in [0.4, 0.5) is 11.5 Å². The molecule has 1 saturated carbocycles. The number of pyridine rings is 1. The van der Waals surface area contributed by atoms with Crippen molar-refractivity contribution in [2.45, 2.75) is 83.3 Å². The number of amides is 2. The summed E-state index contributed by atoms with van der Waals surface area (Å²) in [4.78, 5) is 44.5. The zero-order valence-corrected chi connectivity index (χ0v) is 22.4. The van der Waals surface area contributed by atoms with Crippen LogP contribution in [0.1, 0.15) is 96.3 Å². The van der Waals surface area contributed by atoms with Crippen LogP contribution in [0.2, 0.25) is 0 Å². The molecular weight excluding hydrogens is 478 g/mol.